The summed E-state index contributed by atoms with van der Waals surface area (Å²) in [5.41, 5.74) is -0.410. The van der Waals surface area contributed by atoms with E-state index in [2.05, 4.69) is 5.32 Å². The van der Waals surface area contributed by atoms with Crippen molar-refractivity contribution < 1.29 is 34.3 Å². The van der Waals surface area contributed by atoms with Crippen molar-refractivity contribution in [3.8, 4) is 0 Å². The number of amides is 2. The maximum absolute atomic E-state index is 12.8. The molecule has 3 N–H and O–H groups in total. The van der Waals surface area contributed by atoms with Crippen LogP contribution in [0.1, 0.15) is 15.2 Å². The number of β-lactam (4-membered cyclic amide) rings is 1. The van der Waals surface area contributed by atoms with Gasteiger partial charge in [-0.05, 0) is 23.1 Å². The summed E-state index contributed by atoms with van der Waals surface area (Å²) < 4.78 is 0. The highest BCUT2D eigenvalue weighted by molar-refractivity contribution is 8.01. The Hall–Kier alpha value is -3.36. The van der Waals surface area contributed by atoms with Gasteiger partial charge in [0.25, 0.3) is 11.6 Å². The number of carbonyl (C=O) groups excluding carboxylic acids is 2. The van der Waals surface area contributed by atoms with Crippen LogP contribution in [0.4, 0.5) is 5.69 Å². The number of benzene rings is 1. The van der Waals surface area contributed by atoms with Crippen LogP contribution in [-0.2, 0) is 20.8 Å². The van der Waals surface area contributed by atoms with E-state index in [-0.39, 0.29) is 45.7 Å². The Bertz CT molecular complexity index is 1260. The molecule has 35 heavy (non-hydrogen) atoms. The van der Waals surface area contributed by atoms with E-state index in [1.54, 1.807) is 0 Å². The third-order valence-corrected chi connectivity index (χ3v) is 8.66. The highest BCUT2D eigenvalue weighted by Crippen LogP contribution is 2.42. The second kappa shape index (κ2) is 10.1. The molecule has 2 amide bonds. The Balaban J connectivity index is 1.49. The Labute approximate surface area is 210 Å². The zero-order chi connectivity index (χ0) is 25.3. The molecule has 3 heterocycles. The first-order valence-electron chi connectivity index (χ1n) is 10.0. The maximum atomic E-state index is 12.8. The molecule has 1 aromatic carbocycles. The second-order valence-corrected chi connectivity index (χ2v) is 10.7. The number of nitro benzene ring substituents is 1. The Kier molecular flexibility index (Phi) is 7.14. The molecule has 0 spiro atoms. The van der Waals surface area contributed by atoms with Gasteiger partial charge in [-0.15, -0.1) is 34.9 Å². The topological polar surface area (TPSA) is 167 Å². The number of carbonyl (C=O) groups is 4. The van der Waals surface area contributed by atoms with Crippen LogP contribution in [0.2, 0.25) is 0 Å². The molecular formula is C21H17N3O8S3. The normalized spacial score (nSPS) is 19.1. The lowest BCUT2D eigenvalue weighted by atomic mass is 10.0. The summed E-state index contributed by atoms with van der Waals surface area (Å²) in [6.45, 7) is 0. The zero-order valence-corrected chi connectivity index (χ0v) is 20.2. The molecule has 1 aromatic heterocycles. The first-order chi connectivity index (χ1) is 16.7. The van der Waals surface area contributed by atoms with Crippen molar-refractivity contribution in [3.63, 3.8) is 0 Å². The second-order valence-electron chi connectivity index (χ2n) is 7.50. The maximum Gasteiger partial charge on any atom is 0.352 e. The minimum Gasteiger partial charge on any atom is -0.478 e. The Morgan fingerprint density at radius 3 is 2.63 bits per heavy atom. The smallest absolute Gasteiger partial charge is 0.352 e. The molecule has 1 fully saturated rings. The third-order valence-electron chi connectivity index (χ3n) is 5.29. The summed E-state index contributed by atoms with van der Waals surface area (Å²) in [7, 11) is 0. The van der Waals surface area contributed by atoms with Gasteiger partial charge in [-0.25, -0.2) is 9.59 Å². The lowest BCUT2D eigenvalue weighted by molar-refractivity contribution is -0.384. The van der Waals surface area contributed by atoms with Crippen molar-refractivity contribution in [2.45, 2.75) is 22.7 Å². The number of aliphatic carboxylic acids is 1. The molecule has 2 aliphatic heterocycles. The largest absolute Gasteiger partial charge is 0.478 e. The molecule has 11 nitrogen and oxygen atoms in total. The van der Waals surface area contributed by atoms with Crippen LogP contribution in [0.5, 0.6) is 0 Å². The van der Waals surface area contributed by atoms with Gasteiger partial charge < -0.3 is 15.5 Å². The summed E-state index contributed by atoms with van der Waals surface area (Å²) in [5, 5.41) is 34.1. The number of nitrogens with zero attached hydrogens (tertiary/aromatic N) is 2. The van der Waals surface area contributed by atoms with E-state index in [1.165, 1.54) is 35.2 Å². The number of carboxylic acid groups (broad SMARTS) is 2. The predicted octanol–water partition coefficient (Wildman–Crippen LogP) is 2.43. The van der Waals surface area contributed by atoms with Crippen molar-refractivity contribution in [2.75, 3.05) is 11.5 Å². The van der Waals surface area contributed by atoms with Gasteiger partial charge in [0, 0.05) is 33.4 Å². The van der Waals surface area contributed by atoms with Crippen LogP contribution in [0.3, 0.4) is 0 Å². The molecule has 0 aliphatic carbocycles. The number of rotatable bonds is 9. The van der Waals surface area contributed by atoms with E-state index in [1.807, 2.05) is 17.5 Å². The molecule has 2 atom stereocenters. The van der Waals surface area contributed by atoms with Crippen LogP contribution in [0, 0.1) is 10.1 Å². The van der Waals surface area contributed by atoms with Gasteiger partial charge in [0.15, 0.2) is 0 Å². The first-order valence-corrected chi connectivity index (χ1v) is 12.9. The minimum absolute atomic E-state index is 0.0681. The van der Waals surface area contributed by atoms with Crippen LogP contribution < -0.4 is 5.32 Å². The number of nitro groups is 1. The van der Waals surface area contributed by atoms with E-state index >= 15 is 0 Å². The minimum atomic E-state index is -1.35. The van der Waals surface area contributed by atoms with Gasteiger partial charge in [-0.1, -0.05) is 6.07 Å². The van der Waals surface area contributed by atoms with Crippen molar-refractivity contribution >= 4 is 64.3 Å². The van der Waals surface area contributed by atoms with Crippen molar-refractivity contribution in [1.82, 2.24) is 10.2 Å². The van der Waals surface area contributed by atoms with Gasteiger partial charge in [0.05, 0.1) is 16.9 Å². The summed E-state index contributed by atoms with van der Waals surface area (Å²) in [5.74, 6) is -3.17. The van der Waals surface area contributed by atoms with E-state index in [9.17, 15) is 39.5 Å². The quantitative estimate of drug-likeness (QED) is 0.188. The molecule has 2 aliphatic rings. The molecule has 14 heteroatoms. The van der Waals surface area contributed by atoms with Crippen molar-refractivity contribution in [1.29, 1.82) is 0 Å². The van der Waals surface area contributed by atoms with E-state index in [0.29, 0.717) is 5.57 Å². The summed E-state index contributed by atoms with van der Waals surface area (Å²) in [6.07, 6.45) is 0.128. The number of carboxylic acids is 2. The molecule has 182 valence electrons. The average Bonchev–Trinajstić information content (AvgIpc) is 3.33. The number of non-ortho nitro benzene ring substituents is 1. The van der Waals surface area contributed by atoms with Crippen LogP contribution in [-0.4, -0.2) is 66.7 Å². The number of hydrogen-bond donors (Lipinski definition) is 3. The number of fused-ring (bicyclic) bond motifs is 1. The third kappa shape index (κ3) is 5.04. The van der Waals surface area contributed by atoms with E-state index in [4.69, 9.17) is 0 Å². The van der Waals surface area contributed by atoms with Gasteiger partial charge in [-0.3, -0.25) is 24.6 Å². The summed E-state index contributed by atoms with van der Waals surface area (Å²) in [6, 6.07) is 6.23. The van der Waals surface area contributed by atoms with Crippen LogP contribution in [0.25, 0.3) is 0 Å². The first kappa shape index (κ1) is 24.8. The lowest BCUT2D eigenvalue weighted by Crippen LogP contribution is -2.70. The molecular weight excluding hydrogens is 518 g/mol. The van der Waals surface area contributed by atoms with Gasteiger partial charge in [-0.2, -0.15) is 0 Å². The molecule has 2 aromatic rings. The standard InChI is InChI=1S/C21H17N3O8S3/c25-15(7-12-2-1-5-33-12)22-16-18(26)23-17(21(29)30)10(9-35-19(16)23)8-34-14-4-3-11(24(31)32)6-13(14)20(27)28/h1-6,16,19H,7-9H2,(H,22,25)(H,27,28)(H,29,30)/t16-,19-/m1/s1. The van der Waals surface area contributed by atoms with E-state index < -0.39 is 34.2 Å². The van der Waals surface area contributed by atoms with Gasteiger partial charge in [0.1, 0.15) is 17.1 Å². The van der Waals surface area contributed by atoms with Gasteiger partial charge in [0.2, 0.25) is 5.91 Å². The summed E-state index contributed by atoms with van der Waals surface area (Å²) in [4.78, 5) is 61.2. The fourth-order valence-electron chi connectivity index (χ4n) is 3.68. The molecule has 1 saturated heterocycles. The molecule has 0 radical (unpaired) electrons. The van der Waals surface area contributed by atoms with Crippen LogP contribution in [0.15, 0.2) is 51.9 Å². The molecule has 0 unspecified atom stereocenters. The Morgan fingerprint density at radius 1 is 1.23 bits per heavy atom. The lowest BCUT2D eigenvalue weighted by Gasteiger charge is -2.49. The van der Waals surface area contributed by atoms with E-state index in [0.717, 1.165) is 27.6 Å². The number of aromatic carboxylic acids is 1. The van der Waals surface area contributed by atoms with Crippen molar-refractivity contribution in [3.05, 3.63) is 67.5 Å². The van der Waals surface area contributed by atoms with Crippen LogP contribution >= 0.6 is 34.9 Å². The van der Waals surface area contributed by atoms with Crippen molar-refractivity contribution in [2.24, 2.45) is 0 Å². The highest BCUT2D eigenvalue weighted by atomic mass is 32.2. The Morgan fingerprint density at radius 2 is 2.00 bits per heavy atom. The number of thiophene rings is 1. The predicted molar refractivity (Wildman–Crippen MR) is 128 cm³/mol. The molecule has 0 bridgehead atoms. The highest BCUT2D eigenvalue weighted by Gasteiger charge is 2.54. The summed E-state index contributed by atoms with van der Waals surface area (Å²) >= 11 is 3.75. The fraction of sp³-hybridized carbons (Fsp3) is 0.238. The molecule has 4 rings (SSSR count). The molecule has 0 saturated carbocycles. The SMILES string of the molecule is O=C(Cc1cccs1)N[C@@H]1C(=O)N2C(C(=O)O)=C(CSc3ccc([N+](=O)[O-])cc3C(=O)O)CS[C@H]12. The average molecular weight is 536 g/mol. The van der Waals surface area contributed by atoms with Gasteiger partial charge >= 0.3 is 11.9 Å². The number of nitrogens with one attached hydrogen (secondary N) is 1. The monoisotopic (exact) mass is 535 g/mol. The number of thioether (sulfide) groups is 2. The zero-order valence-electron chi connectivity index (χ0n) is 17.7. The number of hydrogen-bond acceptors (Lipinski definition) is 9. The fourth-order valence-corrected chi connectivity index (χ4v) is 6.89.